The summed E-state index contributed by atoms with van der Waals surface area (Å²) in [5.41, 5.74) is 0.863. The molecule has 0 saturated carbocycles. The SMILES string of the molecule is CC(O)CNCCNC(=O)Cc1ccc(O)cc1. The third-order valence-corrected chi connectivity index (χ3v) is 2.36. The standard InChI is InChI=1S/C13H20N2O3/c1-10(16)9-14-6-7-15-13(18)8-11-2-4-12(17)5-3-11/h2-5,10,14,16-17H,6-9H2,1H3,(H,15,18). The Labute approximate surface area is 107 Å². The van der Waals surface area contributed by atoms with Gasteiger partial charge in [-0.25, -0.2) is 0 Å². The van der Waals surface area contributed by atoms with Gasteiger partial charge in [-0.3, -0.25) is 4.79 Å². The second-order valence-electron chi connectivity index (χ2n) is 4.25. The lowest BCUT2D eigenvalue weighted by molar-refractivity contribution is -0.120. The molecule has 100 valence electrons. The highest BCUT2D eigenvalue weighted by Gasteiger charge is 2.02. The molecule has 1 aromatic carbocycles. The summed E-state index contributed by atoms with van der Waals surface area (Å²) < 4.78 is 0. The van der Waals surface area contributed by atoms with Crippen molar-refractivity contribution < 1.29 is 15.0 Å². The third kappa shape index (κ3) is 6.22. The first-order valence-corrected chi connectivity index (χ1v) is 6.01. The van der Waals surface area contributed by atoms with Gasteiger partial charge in [0.2, 0.25) is 5.91 Å². The van der Waals surface area contributed by atoms with Crippen molar-refractivity contribution in [3.63, 3.8) is 0 Å². The summed E-state index contributed by atoms with van der Waals surface area (Å²) in [5.74, 6) is 0.140. The molecule has 0 spiro atoms. The molecule has 0 aliphatic rings. The number of hydrogen-bond acceptors (Lipinski definition) is 4. The summed E-state index contributed by atoms with van der Waals surface area (Å²) in [6.07, 6.45) is -0.0749. The van der Waals surface area contributed by atoms with E-state index < -0.39 is 0 Å². The number of carbonyl (C=O) groups excluding carboxylic acids is 1. The van der Waals surface area contributed by atoms with Crippen LogP contribution in [0.25, 0.3) is 0 Å². The van der Waals surface area contributed by atoms with Gasteiger partial charge in [0.15, 0.2) is 0 Å². The highest BCUT2D eigenvalue weighted by atomic mass is 16.3. The molecule has 1 atom stereocenters. The number of hydrogen-bond donors (Lipinski definition) is 4. The molecule has 1 amide bonds. The summed E-state index contributed by atoms with van der Waals surface area (Å²) in [7, 11) is 0. The molecule has 4 N–H and O–H groups in total. The fourth-order valence-electron chi connectivity index (χ4n) is 1.46. The van der Waals surface area contributed by atoms with Gasteiger partial charge in [-0.1, -0.05) is 12.1 Å². The Kier molecular flexibility index (Phi) is 6.18. The topological polar surface area (TPSA) is 81.6 Å². The van der Waals surface area contributed by atoms with Gasteiger partial charge in [0, 0.05) is 19.6 Å². The molecule has 0 bridgehead atoms. The highest BCUT2D eigenvalue weighted by molar-refractivity contribution is 5.78. The number of rotatable bonds is 7. The Balaban J connectivity index is 2.16. The highest BCUT2D eigenvalue weighted by Crippen LogP contribution is 2.09. The molecule has 5 nitrogen and oxygen atoms in total. The summed E-state index contributed by atoms with van der Waals surface area (Å²) in [6, 6.07) is 6.57. The van der Waals surface area contributed by atoms with Gasteiger partial charge in [-0.15, -0.1) is 0 Å². The Morgan fingerprint density at radius 1 is 1.28 bits per heavy atom. The number of phenolic OH excluding ortho intramolecular Hbond substituents is 1. The van der Waals surface area contributed by atoms with E-state index in [2.05, 4.69) is 10.6 Å². The lowest BCUT2D eigenvalue weighted by Gasteiger charge is -2.08. The molecule has 0 aliphatic heterocycles. The van der Waals surface area contributed by atoms with E-state index in [-0.39, 0.29) is 17.8 Å². The van der Waals surface area contributed by atoms with E-state index in [0.29, 0.717) is 26.1 Å². The van der Waals surface area contributed by atoms with Crippen molar-refractivity contribution >= 4 is 5.91 Å². The van der Waals surface area contributed by atoms with Crippen LogP contribution in [0.2, 0.25) is 0 Å². The van der Waals surface area contributed by atoms with Gasteiger partial charge in [-0.05, 0) is 24.6 Å². The predicted molar refractivity (Wildman–Crippen MR) is 69.4 cm³/mol. The first kappa shape index (κ1) is 14.5. The van der Waals surface area contributed by atoms with Crippen LogP contribution < -0.4 is 10.6 Å². The average Bonchev–Trinajstić information content (AvgIpc) is 2.31. The number of aliphatic hydroxyl groups is 1. The minimum absolute atomic E-state index is 0.0560. The lowest BCUT2D eigenvalue weighted by atomic mass is 10.1. The van der Waals surface area contributed by atoms with Crippen LogP contribution in [0.5, 0.6) is 5.75 Å². The van der Waals surface area contributed by atoms with Crippen molar-refractivity contribution in [1.29, 1.82) is 0 Å². The monoisotopic (exact) mass is 252 g/mol. The summed E-state index contributed by atoms with van der Waals surface area (Å²) in [4.78, 5) is 11.5. The van der Waals surface area contributed by atoms with Gasteiger partial charge in [0.05, 0.1) is 12.5 Å². The summed E-state index contributed by atoms with van der Waals surface area (Å²) in [5, 5.41) is 23.9. The van der Waals surface area contributed by atoms with E-state index >= 15 is 0 Å². The summed E-state index contributed by atoms with van der Waals surface area (Å²) >= 11 is 0. The molecule has 18 heavy (non-hydrogen) atoms. The molecule has 0 fully saturated rings. The van der Waals surface area contributed by atoms with Crippen LogP contribution in [0.1, 0.15) is 12.5 Å². The molecule has 1 rings (SSSR count). The van der Waals surface area contributed by atoms with Gasteiger partial charge < -0.3 is 20.8 Å². The minimum atomic E-state index is -0.377. The Morgan fingerprint density at radius 3 is 2.56 bits per heavy atom. The third-order valence-electron chi connectivity index (χ3n) is 2.36. The van der Waals surface area contributed by atoms with E-state index in [0.717, 1.165) is 5.56 Å². The number of phenols is 1. The molecule has 0 heterocycles. The lowest BCUT2D eigenvalue weighted by Crippen LogP contribution is -2.35. The van der Waals surface area contributed by atoms with Crippen molar-refractivity contribution in [2.24, 2.45) is 0 Å². The van der Waals surface area contributed by atoms with Crippen molar-refractivity contribution in [3.05, 3.63) is 29.8 Å². The molecule has 0 saturated heterocycles. The van der Waals surface area contributed by atoms with Crippen LogP contribution in [0.3, 0.4) is 0 Å². The predicted octanol–water partition coefficient (Wildman–Crippen LogP) is 0.0213. The zero-order chi connectivity index (χ0) is 13.4. The molecule has 1 unspecified atom stereocenters. The number of carbonyl (C=O) groups is 1. The molecular weight excluding hydrogens is 232 g/mol. The van der Waals surface area contributed by atoms with Crippen LogP contribution >= 0.6 is 0 Å². The quantitative estimate of drug-likeness (QED) is 0.516. The van der Waals surface area contributed by atoms with E-state index in [1.165, 1.54) is 0 Å². The fourth-order valence-corrected chi connectivity index (χ4v) is 1.46. The largest absolute Gasteiger partial charge is 0.508 e. The smallest absolute Gasteiger partial charge is 0.224 e. The number of amides is 1. The van der Waals surface area contributed by atoms with Crippen LogP contribution in [0, 0.1) is 0 Å². The maximum absolute atomic E-state index is 11.5. The van der Waals surface area contributed by atoms with Crippen molar-refractivity contribution in [2.45, 2.75) is 19.4 Å². The summed E-state index contributed by atoms with van der Waals surface area (Å²) in [6.45, 7) is 3.39. The van der Waals surface area contributed by atoms with Gasteiger partial charge in [0.25, 0.3) is 0 Å². The maximum atomic E-state index is 11.5. The van der Waals surface area contributed by atoms with E-state index in [4.69, 9.17) is 10.2 Å². The normalized spacial score (nSPS) is 12.1. The number of aromatic hydroxyl groups is 1. The number of benzene rings is 1. The van der Waals surface area contributed by atoms with E-state index in [1.54, 1.807) is 31.2 Å². The van der Waals surface area contributed by atoms with Crippen molar-refractivity contribution in [1.82, 2.24) is 10.6 Å². The van der Waals surface area contributed by atoms with Crippen LogP contribution in [0.15, 0.2) is 24.3 Å². The Hall–Kier alpha value is -1.59. The van der Waals surface area contributed by atoms with E-state index in [1.807, 2.05) is 0 Å². The molecule has 0 aromatic heterocycles. The Morgan fingerprint density at radius 2 is 1.94 bits per heavy atom. The maximum Gasteiger partial charge on any atom is 0.224 e. The van der Waals surface area contributed by atoms with Crippen LogP contribution in [-0.4, -0.2) is 41.9 Å². The zero-order valence-electron chi connectivity index (χ0n) is 10.5. The molecule has 0 aliphatic carbocycles. The van der Waals surface area contributed by atoms with Crippen LogP contribution in [-0.2, 0) is 11.2 Å². The molecular formula is C13H20N2O3. The van der Waals surface area contributed by atoms with Crippen LogP contribution in [0.4, 0.5) is 0 Å². The molecule has 5 heteroatoms. The van der Waals surface area contributed by atoms with Gasteiger partial charge >= 0.3 is 0 Å². The minimum Gasteiger partial charge on any atom is -0.508 e. The number of nitrogens with one attached hydrogen (secondary N) is 2. The zero-order valence-corrected chi connectivity index (χ0v) is 10.5. The second-order valence-corrected chi connectivity index (χ2v) is 4.25. The van der Waals surface area contributed by atoms with E-state index in [9.17, 15) is 4.79 Å². The molecule has 1 aromatic rings. The first-order chi connectivity index (χ1) is 8.58. The fraction of sp³-hybridized carbons (Fsp3) is 0.462. The average molecular weight is 252 g/mol. The Bertz CT molecular complexity index is 363. The molecule has 0 radical (unpaired) electrons. The number of aliphatic hydroxyl groups excluding tert-OH is 1. The van der Waals surface area contributed by atoms with Crippen molar-refractivity contribution in [3.8, 4) is 5.75 Å². The van der Waals surface area contributed by atoms with Gasteiger partial charge in [0.1, 0.15) is 5.75 Å². The first-order valence-electron chi connectivity index (χ1n) is 6.01. The second kappa shape index (κ2) is 7.68. The van der Waals surface area contributed by atoms with Gasteiger partial charge in [-0.2, -0.15) is 0 Å². The van der Waals surface area contributed by atoms with Crippen molar-refractivity contribution in [2.75, 3.05) is 19.6 Å².